The molecule has 0 aliphatic rings. The summed E-state index contributed by atoms with van der Waals surface area (Å²) in [4.78, 5) is 1.31. The lowest BCUT2D eigenvalue weighted by molar-refractivity contribution is 0.390. The molecule has 0 amide bonds. The molecule has 16 heavy (non-hydrogen) atoms. The molecule has 0 saturated carbocycles. The second kappa shape index (κ2) is 7.46. The molecule has 2 N–H and O–H groups in total. The standard InChI is InChI=1S/C13H22BrNS/c1-3-5-6-10(4-2)9-11(15)12-7-8-13(14)16-12/h7-8,10-11H,3-6,9,15H2,1-2H3. The largest absolute Gasteiger partial charge is 0.323 e. The van der Waals surface area contributed by atoms with Crippen LogP contribution in [0.5, 0.6) is 0 Å². The molecule has 2 unspecified atom stereocenters. The predicted molar refractivity (Wildman–Crippen MR) is 76.9 cm³/mol. The van der Waals surface area contributed by atoms with Crippen LogP contribution in [0.1, 0.15) is 56.9 Å². The molecule has 1 heterocycles. The maximum atomic E-state index is 6.25. The van der Waals surface area contributed by atoms with Crippen molar-refractivity contribution in [1.82, 2.24) is 0 Å². The molecule has 92 valence electrons. The van der Waals surface area contributed by atoms with Gasteiger partial charge in [0, 0.05) is 10.9 Å². The first-order valence-corrected chi connectivity index (χ1v) is 7.79. The van der Waals surface area contributed by atoms with Crippen LogP contribution in [0, 0.1) is 5.92 Å². The average molecular weight is 304 g/mol. The number of hydrogen-bond donors (Lipinski definition) is 1. The second-order valence-electron chi connectivity index (χ2n) is 4.40. The van der Waals surface area contributed by atoms with Gasteiger partial charge in [-0.1, -0.05) is 39.5 Å². The fourth-order valence-corrected chi connectivity index (χ4v) is 3.42. The van der Waals surface area contributed by atoms with Gasteiger partial charge in [0.2, 0.25) is 0 Å². The van der Waals surface area contributed by atoms with Crippen molar-refractivity contribution in [3.63, 3.8) is 0 Å². The molecular weight excluding hydrogens is 282 g/mol. The van der Waals surface area contributed by atoms with Crippen LogP contribution in [0.15, 0.2) is 15.9 Å². The van der Waals surface area contributed by atoms with Crippen LogP contribution in [0.2, 0.25) is 0 Å². The van der Waals surface area contributed by atoms with Crippen molar-refractivity contribution in [2.24, 2.45) is 11.7 Å². The first kappa shape index (κ1) is 14.2. The zero-order valence-electron chi connectivity index (χ0n) is 10.2. The molecule has 1 aromatic rings. The highest BCUT2D eigenvalue weighted by Gasteiger charge is 2.14. The smallest absolute Gasteiger partial charge is 0.0701 e. The van der Waals surface area contributed by atoms with Crippen LogP contribution in [-0.2, 0) is 0 Å². The third-order valence-corrected chi connectivity index (χ3v) is 4.85. The van der Waals surface area contributed by atoms with Gasteiger partial charge in [0.05, 0.1) is 3.79 Å². The van der Waals surface area contributed by atoms with Gasteiger partial charge in [-0.3, -0.25) is 0 Å². The summed E-state index contributed by atoms with van der Waals surface area (Å²) in [5.74, 6) is 0.788. The maximum Gasteiger partial charge on any atom is 0.0701 e. The lowest BCUT2D eigenvalue weighted by Crippen LogP contribution is -2.14. The molecule has 0 fully saturated rings. The Labute approximate surface area is 112 Å². The van der Waals surface area contributed by atoms with Crippen LogP contribution in [0.4, 0.5) is 0 Å². The minimum Gasteiger partial charge on any atom is -0.323 e. The topological polar surface area (TPSA) is 26.0 Å². The Morgan fingerprint density at radius 2 is 2.12 bits per heavy atom. The maximum absolute atomic E-state index is 6.25. The van der Waals surface area contributed by atoms with Crippen LogP contribution in [0.25, 0.3) is 0 Å². The van der Waals surface area contributed by atoms with Gasteiger partial charge >= 0.3 is 0 Å². The molecule has 2 atom stereocenters. The third-order valence-electron chi connectivity index (χ3n) is 3.09. The molecule has 0 aliphatic carbocycles. The Kier molecular flexibility index (Phi) is 6.62. The fourth-order valence-electron chi connectivity index (χ4n) is 1.98. The molecule has 0 aliphatic heterocycles. The summed E-state index contributed by atoms with van der Waals surface area (Å²) in [5, 5.41) is 0. The number of hydrogen-bond acceptors (Lipinski definition) is 2. The Morgan fingerprint density at radius 3 is 2.62 bits per heavy atom. The quantitative estimate of drug-likeness (QED) is 0.743. The van der Waals surface area contributed by atoms with E-state index in [0.29, 0.717) is 0 Å². The van der Waals surface area contributed by atoms with Crippen molar-refractivity contribution in [3.8, 4) is 0 Å². The molecule has 0 bridgehead atoms. The summed E-state index contributed by atoms with van der Waals surface area (Å²) in [6, 6.07) is 4.46. The van der Waals surface area contributed by atoms with E-state index in [1.807, 2.05) is 0 Å². The number of unbranched alkanes of at least 4 members (excludes halogenated alkanes) is 1. The van der Waals surface area contributed by atoms with Gasteiger partial charge in [-0.15, -0.1) is 11.3 Å². The number of rotatable bonds is 7. The first-order valence-electron chi connectivity index (χ1n) is 6.18. The monoisotopic (exact) mass is 303 g/mol. The summed E-state index contributed by atoms with van der Waals surface area (Å²) in [6.45, 7) is 4.53. The van der Waals surface area contributed by atoms with E-state index in [0.717, 1.165) is 12.3 Å². The van der Waals surface area contributed by atoms with Crippen molar-refractivity contribution in [2.45, 2.75) is 52.0 Å². The average Bonchev–Trinajstić information content (AvgIpc) is 2.70. The SMILES string of the molecule is CCCCC(CC)CC(N)c1ccc(Br)s1. The fraction of sp³-hybridized carbons (Fsp3) is 0.692. The number of halogens is 1. The van der Waals surface area contributed by atoms with Crippen LogP contribution < -0.4 is 5.73 Å². The molecule has 0 saturated heterocycles. The highest BCUT2D eigenvalue weighted by molar-refractivity contribution is 9.11. The third kappa shape index (κ3) is 4.56. The van der Waals surface area contributed by atoms with Crippen molar-refractivity contribution in [3.05, 3.63) is 20.8 Å². The summed E-state index contributed by atoms with van der Waals surface area (Å²) < 4.78 is 1.18. The normalized spacial score (nSPS) is 15.0. The highest BCUT2D eigenvalue weighted by atomic mass is 79.9. The molecule has 1 nitrogen and oxygen atoms in total. The lowest BCUT2D eigenvalue weighted by atomic mass is 9.92. The number of nitrogens with two attached hydrogens (primary N) is 1. The molecule has 1 rings (SSSR count). The van der Waals surface area contributed by atoms with E-state index in [2.05, 4.69) is 41.9 Å². The second-order valence-corrected chi connectivity index (χ2v) is 6.90. The van der Waals surface area contributed by atoms with Gasteiger partial charge in [-0.25, -0.2) is 0 Å². The van der Waals surface area contributed by atoms with Gasteiger partial charge in [-0.05, 0) is 40.4 Å². The van der Waals surface area contributed by atoms with Gasteiger partial charge < -0.3 is 5.73 Å². The molecule has 0 aromatic carbocycles. The van der Waals surface area contributed by atoms with E-state index in [1.165, 1.54) is 34.3 Å². The van der Waals surface area contributed by atoms with Crippen molar-refractivity contribution >= 4 is 27.3 Å². The summed E-state index contributed by atoms with van der Waals surface area (Å²) in [7, 11) is 0. The first-order chi connectivity index (χ1) is 7.67. The number of thiophene rings is 1. The molecule has 0 spiro atoms. The Morgan fingerprint density at radius 1 is 1.38 bits per heavy atom. The molecule has 0 radical (unpaired) electrons. The van der Waals surface area contributed by atoms with E-state index in [9.17, 15) is 0 Å². The van der Waals surface area contributed by atoms with Gasteiger partial charge in [0.15, 0.2) is 0 Å². The minimum absolute atomic E-state index is 0.220. The minimum atomic E-state index is 0.220. The van der Waals surface area contributed by atoms with Gasteiger partial charge in [0.1, 0.15) is 0 Å². The van der Waals surface area contributed by atoms with E-state index >= 15 is 0 Å². The summed E-state index contributed by atoms with van der Waals surface area (Å²) >= 11 is 5.25. The van der Waals surface area contributed by atoms with E-state index in [4.69, 9.17) is 5.73 Å². The molecular formula is C13H22BrNS. The Bertz CT molecular complexity index is 298. The zero-order chi connectivity index (χ0) is 12.0. The van der Waals surface area contributed by atoms with Crippen molar-refractivity contribution in [2.75, 3.05) is 0 Å². The van der Waals surface area contributed by atoms with Crippen molar-refractivity contribution < 1.29 is 0 Å². The molecule has 1 aromatic heterocycles. The van der Waals surface area contributed by atoms with Gasteiger partial charge in [0.25, 0.3) is 0 Å². The van der Waals surface area contributed by atoms with E-state index < -0.39 is 0 Å². The zero-order valence-corrected chi connectivity index (χ0v) is 12.6. The van der Waals surface area contributed by atoms with E-state index in [1.54, 1.807) is 11.3 Å². The Hall–Kier alpha value is 0.140. The van der Waals surface area contributed by atoms with Gasteiger partial charge in [-0.2, -0.15) is 0 Å². The van der Waals surface area contributed by atoms with E-state index in [-0.39, 0.29) is 6.04 Å². The highest BCUT2D eigenvalue weighted by Crippen LogP contribution is 2.31. The van der Waals surface area contributed by atoms with Crippen LogP contribution in [0.3, 0.4) is 0 Å². The van der Waals surface area contributed by atoms with Crippen LogP contribution >= 0.6 is 27.3 Å². The Balaban J connectivity index is 2.45. The lowest BCUT2D eigenvalue weighted by Gasteiger charge is -2.18. The van der Waals surface area contributed by atoms with Crippen LogP contribution in [-0.4, -0.2) is 0 Å². The van der Waals surface area contributed by atoms with Crippen molar-refractivity contribution in [1.29, 1.82) is 0 Å². The predicted octanol–water partition coefficient (Wildman–Crippen LogP) is 5.12. The summed E-state index contributed by atoms with van der Waals surface area (Å²) in [5.41, 5.74) is 6.25. The molecule has 3 heteroatoms. The summed E-state index contributed by atoms with van der Waals surface area (Å²) in [6.07, 6.45) is 6.33.